The molecule has 1 amide bonds. The summed E-state index contributed by atoms with van der Waals surface area (Å²) < 4.78 is 5.37. The number of hydrogen-bond acceptors (Lipinski definition) is 4. The SMILES string of the molecule is CC(=NNC(=O)c1cc(Cl)ccc1O)c1ccc(C)o1. The first-order chi connectivity index (χ1) is 9.47. The smallest absolute Gasteiger partial charge is 0.275 e. The molecule has 2 N–H and O–H groups in total. The molecule has 0 aliphatic carbocycles. The fraction of sp³-hybridized carbons (Fsp3) is 0.143. The number of nitrogens with zero attached hydrogens (tertiary/aromatic N) is 1. The van der Waals surface area contributed by atoms with Gasteiger partial charge in [0.2, 0.25) is 0 Å². The third-order valence-electron chi connectivity index (χ3n) is 2.63. The first-order valence-corrected chi connectivity index (χ1v) is 6.25. The maximum atomic E-state index is 11.9. The average Bonchev–Trinajstić information content (AvgIpc) is 2.85. The van der Waals surface area contributed by atoms with Gasteiger partial charge in [-0.3, -0.25) is 4.79 Å². The molecule has 0 saturated carbocycles. The summed E-state index contributed by atoms with van der Waals surface area (Å²) in [5.74, 6) is 0.618. The van der Waals surface area contributed by atoms with Gasteiger partial charge >= 0.3 is 0 Å². The summed E-state index contributed by atoms with van der Waals surface area (Å²) >= 11 is 5.78. The van der Waals surface area contributed by atoms with E-state index in [-0.39, 0.29) is 11.3 Å². The molecule has 104 valence electrons. The van der Waals surface area contributed by atoms with Crippen molar-refractivity contribution < 1.29 is 14.3 Å². The Bertz CT molecular complexity index is 677. The number of carbonyl (C=O) groups is 1. The van der Waals surface area contributed by atoms with Gasteiger partial charge in [0.05, 0.1) is 5.56 Å². The van der Waals surface area contributed by atoms with E-state index in [0.717, 1.165) is 5.76 Å². The van der Waals surface area contributed by atoms with Gasteiger partial charge in [0.25, 0.3) is 5.91 Å². The maximum Gasteiger partial charge on any atom is 0.275 e. The number of carbonyl (C=O) groups excluding carboxylic acids is 1. The van der Waals surface area contributed by atoms with Crippen molar-refractivity contribution >= 4 is 23.2 Å². The number of phenolic OH excluding ortho intramolecular Hbond substituents is 1. The summed E-state index contributed by atoms with van der Waals surface area (Å²) in [7, 11) is 0. The van der Waals surface area contributed by atoms with E-state index in [2.05, 4.69) is 10.5 Å². The molecule has 0 spiro atoms. The number of hydrogen-bond donors (Lipinski definition) is 2. The summed E-state index contributed by atoms with van der Waals surface area (Å²) in [6.07, 6.45) is 0. The van der Waals surface area contributed by atoms with E-state index in [0.29, 0.717) is 16.5 Å². The van der Waals surface area contributed by atoms with Crippen molar-refractivity contribution in [2.75, 3.05) is 0 Å². The highest BCUT2D eigenvalue weighted by atomic mass is 35.5. The predicted octanol–water partition coefficient (Wildman–Crippen LogP) is 3.10. The van der Waals surface area contributed by atoms with Crippen molar-refractivity contribution in [1.82, 2.24) is 5.43 Å². The third kappa shape index (κ3) is 3.19. The molecule has 0 aliphatic rings. The lowest BCUT2D eigenvalue weighted by Gasteiger charge is -2.04. The fourth-order valence-electron chi connectivity index (χ4n) is 1.57. The van der Waals surface area contributed by atoms with Crippen LogP contribution in [0.1, 0.15) is 28.8 Å². The van der Waals surface area contributed by atoms with Crippen LogP contribution in [0.5, 0.6) is 5.75 Å². The zero-order chi connectivity index (χ0) is 14.7. The van der Waals surface area contributed by atoms with E-state index in [9.17, 15) is 9.90 Å². The van der Waals surface area contributed by atoms with Crippen LogP contribution in [-0.2, 0) is 0 Å². The fourth-order valence-corrected chi connectivity index (χ4v) is 1.74. The molecule has 0 aliphatic heterocycles. The Morgan fingerprint density at radius 1 is 1.35 bits per heavy atom. The molecular formula is C14H13ClN2O3. The number of aryl methyl sites for hydroxylation is 1. The zero-order valence-electron chi connectivity index (χ0n) is 11.0. The number of nitrogens with one attached hydrogen (secondary N) is 1. The Kier molecular flexibility index (Phi) is 4.10. The molecule has 0 unspecified atom stereocenters. The first kappa shape index (κ1) is 14.1. The number of amides is 1. The quantitative estimate of drug-likeness (QED) is 0.674. The molecule has 20 heavy (non-hydrogen) atoms. The Hall–Kier alpha value is -2.27. The van der Waals surface area contributed by atoms with Gasteiger partial charge in [0, 0.05) is 5.02 Å². The minimum atomic E-state index is -0.548. The molecule has 6 heteroatoms. The molecular weight excluding hydrogens is 280 g/mol. The van der Waals surface area contributed by atoms with Gasteiger partial charge in [-0.1, -0.05) is 11.6 Å². The third-order valence-corrected chi connectivity index (χ3v) is 2.86. The standard InChI is InChI=1S/C14H13ClN2O3/c1-8-3-6-13(20-8)9(2)16-17-14(19)11-7-10(15)4-5-12(11)18/h3-7,18H,1-2H3,(H,17,19). The zero-order valence-corrected chi connectivity index (χ0v) is 11.7. The van der Waals surface area contributed by atoms with Gasteiger partial charge in [-0.2, -0.15) is 5.10 Å². The second kappa shape index (κ2) is 5.79. The molecule has 0 saturated heterocycles. The molecule has 0 atom stereocenters. The summed E-state index contributed by atoms with van der Waals surface area (Å²) in [6.45, 7) is 3.52. The summed E-state index contributed by atoms with van der Waals surface area (Å²) in [6, 6.07) is 7.78. The van der Waals surface area contributed by atoms with Gasteiger partial charge < -0.3 is 9.52 Å². The predicted molar refractivity (Wildman–Crippen MR) is 76.2 cm³/mol. The van der Waals surface area contributed by atoms with Crippen LogP contribution in [0.15, 0.2) is 39.9 Å². The molecule has 0 fully saturated rings. The van der Waals surface area contributed by atoms with Crippen molar-refractivity contribution in [2.45, 2.75) is 13.8 Å². The Morgan fingerprint density at radius 2 is 2.10 bits per heavy atom. The Labute approximate surface area is 120 Å². The number of benzene rings is 1. The van der Waals surface area contributed by atoms with E-state index in [1.165, 1.54) is 18.2 Å². The topological polar surface area (TPSA) is 74.8 Å². The highest BCUT2D eigenvalue weighted by Crippen LogP contribution is 2.21. The Balaban J connectivity index is 2.14. The Morgan fingerprint density at radius 3 is 2.75 bits per heavy atom. The molecule has 1 heterocycles. The van der Waals surface area contributed by atoms with Gasteiger partial charge in [-0.15, -0.1) is 0 Å². The molecule has 1 aromatic carbocycles. The first-order valence-electron chi connectivity index (χ1n) is 5.87. The van der Waals surface area contributed by atoms with Crippen LogP contribution in [0.2, 0.25) is 5.02 Å². The van der Waals surface area contributed by atoms with E-state index in [1.54, 1.807) is 19.1 Å². The van der Waals surface area contributed by atoms with Crippen LogP contribution in [0.3, 0.4) is 0 Å². The number of halogens is 1. The average molecular weight is 293 g/mol. The van der Waals surface area contributed by atoms with Crippen LogP contribution in [0.4, 0.5) is 0 Å². The second-order valence-electron chi connectivity index (χ2n) is 4.21. The number of rotatable bonds is 3. The van der Waals surface area contributed by atoms with Gasteiger partial charge in [-0.05, 0) is 44.2 Å². The largest absolute Gasteiger partial charge is 0.507 e. The number of phenols is 1. The van der Waals surface area contributed by atoms with Gasteiger partial charge in [0.1, 0.15) is 23.0 Å². The normalized spacial score (nSPS) is 11.4. The van der Waals surface area contributed by atoms with E-state index < -0.39 is 5.91 Å². The molecule has 1 aromatic heterocycles. The van der Waals surface area contributed by atoms with E-state index in [1.807, 2.05) is 6.92 Å². The molecule has 5 nitrogen and oxygen atoms in total. The van der Waals surface area contributed by atoms with Crippen LogP contribution in [0.25, 0.3) is 0 Å². The van der Waals surface area contributed by atoms with Crippen LogP contribution < -0.4 is 5.43 Å². The van der Waals surface area contributed by atoms with Gasteiger partial charge in [-0.25, -0.2) is 5.43 Å². The number of hydrazone groups is 1. The van der Waals surface area contributed by atoms with Crippen molar-refractivity contribution in [3.63, 3.8) is 0 Å². The van der Waals surface area contributed by atoms with Crippen LogP contribution in [-0.4, -0.2) is 16.7 Å². The molecule has 2 aromatic rings. The minimum absolute atomic E-state index is 0.0599. The monoisotopic (exact) mass is 292 g/mol. The number of furan rings is 1. The van der Waals surface area contributed by atoms with Gasteiger partial charge in [0.15, 0.2) is 0 Å². The minimum Gasteiger partial charge on any atom is -0.507 e. The molecule has 2 rings (SSSR count). The maximum absolute atomic E-state index is 11.9. The summed E-state index contributed by atoms with van der Waals surface area (Å²) in [5.41, 5.74) is 2.93. The number of aromatic hydroxyl groups is 1. The van der Waals surface area contributed by atoms with Crippen LogP contribution in [0, 0.1) is 6.92 Å². The molecule has 0 bridgehead atoms. The van der Waals surface area contributed by atoms with Crippen molar-refractivity contribution in [3.05, 3.63) is 52.4 Å². The van der Waals surface area contributed by atoms with E-state index in [4.69, 9.17) is 16.0 Å². The second-order valence-corrected chi connectivity index (χ2v) is 4.65. The van der Waals surface area contributed by atoms with Crippen molar-refractivity contribution in [3.8, 4) is 5.75 Å². The molecule has 0 radical (unpaired) electrons. The highest BCUT2D eigenvalue weighted by Gasteiger charge is 2.11. The summed E-state index contributed by atoms with van der Waals surface area (Å²) in [4.78, 5) is 11.9. The van der Waals surface area contributed by atoms with Crippen molar-refractivity contribution in [1.29, 1.82) is 0 Å². The van der Waals surface area contributed by atoms with Crippen molar-refractivity contribution in [2.24, 2.45) is 5.10 Å². The lowest BCUT2D eigenvalue weighted by molar-refractivity contribution is 0.0952. The lowest BCUT2D eigenvalue weighted by atomic mass is 10.2. The van der Waals surface area contributed by atoms with Crippen LogP contribution >= 0.6 is 11.6 Å². The summed E-state index contributed by atoms with van der Waals surface area (Å²) in [5, 5.41) is 13.9. The lowest BCUT2D eigenvalue weighted by Crippen LogP contribution is -2.19. The van der Waals surface area contributed by atoms with E-state index >= 15 is 0 Å². The highest BCUT2D eigenvalue weighted by molar-refractivity contribution is 6.31.